The molecule has 0 spiro atoms. The molecular formula is C21H19N3O6S. The number of rotatable bonds is 7. The summed E-state index contributed by atoms with van der Waals surface area (Å²) in [5.74, 6) is 1.60. The van der Waals surface area contributed by atoms with Gasteiger partial charge in [-0.1, -0.05) is 0 Å². The van der Waals surface area contributed by atoms with Crippen LogP contribution in [0.5, 0.6) is 23.0 Å². The number of nitrogens with zero attached hydrogens (tertiary/aromatic N) is 1. The Bertz CT molecular complexity index is 1130. The van der Waals surface area contributed by atoms with Crippen molar-refractivity contribution in [1.82, 2.24) is 10.3 Å². The number of thiazole rings is 1. The Morgan fingerprint density at radius 2 is 1.94 bits per heavy atom. The Labute approximate surface area is 181 Å². The maximum Gasteiger partial charge on any atom is 0.251 e. The number of aromatic nitrogens is 1. The van der Waals surface area contributed by atoms with Crippen LogP contribution in [0.15, 0.2) is 41.8 Å². The van der Waals surface area contributed by atoms with Gasteiger partial charge in [0.25, 0.3) is 5.91 Å². The SMILES string of the molecule is COc1ccc(OC)c(-c2csc(NC(=O)CNC(=O)c3ccc4c(c3)OCO4)n2)c1. The van der Waals surface area contributed by atoms with Crippen molar-refractivity contribution in [1.29, 1.82) is 0 Å². The number of amides is 2. The molecule has 9 nitrogen and oxygen atoms in total. The van der Waals surface area contributed by atoms with Gasteiger partial charge in [0.2, 0.25) is 12.7 Å². The van der Waals surface area contributed by atoms with Crippen LogP contribution in [0.25, 0.3) is 11.3 Å². The predicted octanol–water partition coefficient (Wildman–Crippen LogP) is 2.92. The Kier molecular flexibility index (Phi) is 5.89. The molecule has 0 atom stereocenters. The quantitative estimate of drug-likeness (QED) is 0.580. The van der Waals surface area contributed by atoms with Crippen molar-refractivity contribution in [3.63, 3.8) is 0 Å². The number of hydrogen-bond acceptors (Lipinski definition) is 8. The Balaban J connectivity index is 1.37. The maximum absolute atomic E-state index is 12.3. The molecule has 2 heterocycles. The van der Waals surface area contributed by atoms with Crippen LogP contribution in [-0.4, -0.2) is 44.4 Å². The zero-order chi connectivity index (χ0) is 21.8. The first-order chi connectivity index (χ1) is 15.1. The van der Waals surface area contributed by atoms with E-state index in [0.29, 0.717) is 39.4 Å². The van der Waals surface area contributed by atoms with Gasteiger partial charge in [0, 0.05) is 16.5 Å². The van der Waals surface area contributed by atoms with E-state index >= 15 is 0 Å². The van der Waals surface area contributed by atoms with Crippen LogP contribution in [0.3, 0.4) is 0 Å². The van der Waals surface area contributed by atoms with Gasteiger partial charge < -0.3 is 29.6 Å². The fourth-order valence-electron chi connectivity index (χ4n) is 2.93. The minimum Gasteiger partial charge on any atom is -0.497 e. The first-order valence-corrected chi connectivity index (χ1v) is 10.1. The molecule has 4 rings (SSSR count). The average molecular weight is 441 g/mol. The number of ether oxygens (including phenoxy) is 4. The molecule has 0 saturated heterocycles. The van der Waals surface area contributed by atoms with Gasteiger partial charge in [0.1, 0.15) is 11.5 Å². The van der Waals surface area contributed by atoms with Gasteiger partial charge in [-0.15, -0.1) is 11.3 Å². The van der Waals surface area contributed by atoms with Gasteiger partial charge in [-0.2, -0.15) is 0 Å². The van der Waals surface area contributed by atoms with E-state index in [1.54, 1.807) is 49.9 Å². The zero-order valence-corrected chi connectivity index (χ0v) is 17.6. The fourth-order valence-corrected chi connectivity index (χ4v) is 3.66. The van der Waals surface area contributed by atoms with E-state index in [-0.39, 0.29) is 13.3 Å². The first-order valence-electron chi connectivity index (χ1n) is 9.23. The van der Waals surface area contributed by atoms with Crippen molar-refractivity contribution in [2.24, 2.45) is 0 Å². The molecule has 10 heteroatoms. The molecule has 0 unspecified atom stereocenters. The lowest BCUT2D eigenvalue weighted by atomic mass is 10.1. The Hall–Kier alpha value is -3.79. The minimum absolute atomic E-state index is 0.125. The maximum atomic E-state index is 12.3. The zero-order valence-electron chi connectivity index (χ0n) is 16.8. The molecule has 3 aromatic rings. The normalized spacial score (nSPS) is 11.7. The molecule has 0 radical (unpaired) electrons. The largest absolute Gasteiger partial charge is 0.497 e. The average Bonchev–Trinajstić information content (AvgIpc) is 3.45. The molecule has 1 aliphatic heterocycles. The van der Waals surface area contributed by atoms with E-state index in [4.69, 9.17) is 18.9 Å². The lowest BCUT2D eigenvalue weighted by Gasteiger charge is -2.08. The van der Waals surface area contributed by atoms with Crippen molar-refractivity contribution in [2.75, 3.05) is 32.9 Å². The molecule has 2 N–H and O–H groups in total. The number of carbonyl (C=O) groups excluding carboxylic acids is 2. The molecule has 160 valence electrons. The minimum atomic E-state index is -0.396. The summed E-state index contributed by atoms with van der Waals surface area (Å²) in [6, 6.07) is 10.2. The predicted molar refractivity (Wildman–Crippen MR) is 114 cm³/mol. The van der Waals surface area contributed by atoms with Crippen molar-refractivity contribution >= 4 is 28.3 Å². The third-order valence-electron chi connectivity index (χ3n) is 4.48. The van der Waals surface area contributed by atoms with E-state index in [0.717, 1.165) is 5.56 Å². The second-order valence-corrected chi connectivity index (χ2v) is 7.26. The van der Waals surface area contributed by atoms with E-state index in [1.807, 2.05) is 6.07 Å². The van der Waals surface area contributed by atoms with Gasteiger partial charge in [-0.25, -0.2) is 4.98 Å². The van der Waals surface area contributed by atoms with Crippen LogP contribution in [0.4, 0.5) is 5.13 Å². The lowest BCUT2D eigenvalue weighted by Crippen LogP contribution is -2.32. The molecule has 0 fully saturated rings. The third kappa shape index (κ3) is 4.53. The Morgan fingerprint density at radius 1 is 1.10 bits per heavy atom. The van der Waals surface area contributed by atoms with Crippen LogP contribution in [0.2, 0.25) is 0 Å². The molecule has 1 aromatic heterocycles. The number of anilines is 1. The van der Waals surface area contributed by atoms with Gasteiger partial charge in [0.15, 0.2) is 16.6 Å². The summed E-state index contributed by atoms with van der Waals surface area (Å²) in [7, 11) is 3.15. The molecule has 2 aromatic carbocycles. The molecule has 1 aliphatic rings. The molecular weight excluding hydrogens is 422 g/mol. The van der Waals surface area contributed by atoms with Gasteiger partial charge in [0.05, 0.1) is 26.5 Å². The third-order valence-corrected chi connectivity index (χ3v) is 5.24. The molecule has 0 bridgehead atoms. The van der Waals surface area contributed by atoms with Gasteiger partial charge in [-0.05, 0) is 36.4 Å². The summed E-state index contributed by atoms with van der Waals surface area (Å²) in [6.07, 6.45) is 0. The fraction of sp³-hybridized carbons (Fsp3) is 0.190. The number of carbonyl (C=O) groups is 2. The van der Waals surface area contributed by atoms with Crippen LogP contribution >= 0.6 is 11.3 Å². The second-order valence-electron chi connectivity index (χ2n) is 6.40. The van der Waals surface area contributed by atoms with E-state index in [1.165, 1.54) is 11.3 Å². The van der Waals surface area contributed by atoms with Crippen molar-refractivity contribution in [3.8, 4) is 34.3 Å². The van der Waals surface area contributed by atoms with Crippen LogP contribution in [0.1, 0.15) is 10.4 Å². The van der Waals surface area contributed by atoms with Crippen molar-refractivity contribution < 1.29 is 28.5 Å². The monoisotopic (exact) mass is 441 g/mol. The molecule has 31 heavy (non-hydrogen) atoms. The molecule has 2 amide bonds. The number of methoxy groups -OCH3 is 2. The number of benzene rings is 2. The number of hydrogen-bond donors (Lipinski definition) is 2. The summed E-state index contributed by atoms with van der Waals surface area (Å²) in [5, 5.41) is 7.47. The van der Waals surface area contributed by atoms with Crippen molar-refractivity contribution in [3.05, 3.63) is 47.3 Å². The summed E-state index contributed by atoms with van der Waals surface area (Å²) in [5.41, 5.74) is 1.76. The Morgan fingerprint density at radius 3 is 2.74 bits per heavy atom. The summed E-state index contributed by atoms with van der Waals surface area (Å²) >= 11 is 1.27. The summed E-state index contributed by atoms with van der Waals surface area (Å²) in [6.45, 7) is -0.0785. The number of nitrogens with one attached hydrogen (secondary N) is 2. The highest BCUT2D eigenvalue weighted by molar-refractivity contribution is 7.14. The summed E-state index contributed by atoms with van der Waals surface area (Å²) in [4.78, 5) is 29.0. The number of fused-ring (bicyclic) bond motifs is 1. The van der Waals surface area contributed by atoms with Crippen LogP contribution < -0.4 is 29.6 Å². The van der Waals surface area contributed by atoms with Crippen LogP contribution in [-0.2, 0) is 4.79 Å². The van der Waals surface area contributed by atoms with E-state index in [2.05, 4.69) is 15.6 Å². The van der Waals surface area contributed by atoms with Crippen LogP contribution in [0, 0.1) is 0 Å². The first kappa shape index (κ1) is 20.5. The van der Waals surface area contributed by atoms with Gasteiger partial charge in [-0.3, -0.25) is 9.59 Å². The highest BCUT2D eigenvalue weighted by Gasteiger charge is 2.17. The smallest absolute Gasteiger partial charge is 0.251 e. The molecule has 0 aliphatic carbocycles. The highest BCUT2D eigenvalue weighted by Crippen LogP contribution is 2.35. The lowest BCUT2D eigenvalue weighted by molar-refractivity contribution is -0.115. The van der Waals surface area contributed by atoms with Gasteiger partial charge >= 0.3 is 0 Å². The van der Waals surface area contributed by atoms with E-state index < -0.39 is 11.8 Å². The van der Waals surface area contributed by atoms with E-state index in [9.17, 15) is 9.59 Å². The molecule has 0 saturated carbocycles. The van der Waals surface area contributed by atoms with Crippen molar-refractivity contribution in [2.45, 2.75) is 0 Å². The standard InChI is InChI=1S/C21H19N3O6S/c1-27-13-4-6-16(28-2)14(8-13)15-10-31-21(23-15)24-19(25)9-22-20(26)12-3-5-17-18(7-12)30-11-29-17/h3-8,10H,9,11H2,1-2H3,(H,22,26)(H,23,24,25). The highest BCUT2D eigenvalue weighted by atomic mass is 32.1. The topological polar surface area (TPSA) is 108 Å². The summed E-state index contributed by atoms with van der Waals surface area (Å²) < 4.78 is 21.1. The second kappa shape index (κ2) is 8.92.